The number of aromatic nitrogens is 1. The summed E-state index contributed by atoms with van der Waals surface area (Å²) in [5, 5.41) is 2.94. The van der Waals surface area contributed by atoms with E-state index in [1.165, 1.54) is 0 Å². The van der Waals surface area contributed by atoms with Gasteiger partial charge in [-0.3, -0.25) is 4.79 Å². The van der Waals surface area contributed by atoms with Gasteiger partial charge in [-0.15, -0.1) is 0 Å². The van der Waals surface area contributed by atoms with E-state index in [0.717, 1.165) is 37.8 Å². The Hall–Kier alpha value is -1.98. The first kappa shape index (κ1) is 18.4. The van der Waals surface area contributed by atoms with Crippen LogP contribution in [0.3, 0.4) is 0 Å². The molecular weight excluding hydrogens is 306 g/mol. The van der Waals surface area contributed by atoms with Crippen LogP contribution in [-0.4, -0.2) is 46.6 Å². The number of aryl methyl sites for hydroxylation is 1. The summed E-state index contributed by atoms with van der Waals surface area (Å²) < 4.78 is 5.47. The molecule has 6 heteroatoms. The zero-order chi connectivity index (χ0) is 17.7. The number of nitrogens with zero attached hydrogens (tertiary/aromatic N) is 1. The minimum Gasteiger partial charge on any atom is -0.444 e. The van der Waals surface area contributed by atoms with Crippen molar-refractivity contribution in [1.82, 2.24) is 15.2 Å². The highest BCUT2D eigenvalue weighted by molar-refractivity contribution is 5.95. The number of rotatable bonds is 5. The van der Waals surface area contributed by atoms with Gasteiger partial charge in [0, 0.05) is 31.5 Å². The molecule has 2 amide bonds. The molecule has 24 heavy (non-hydrogen) atoms. The Morgan fingerprint density at radius 3 is 2.75 bits per heavy atom. The van der Waals surface area contributed by atoms with E-state index in [1.807, 2.05) is 38.8 Å². The van der Waals surface area contributed by atoms with E-state index in [1.54, 1.807) is 6.20 Å². The molecule has 0 aromatic carbocycles. The standard InChI is InChI=1S/C18H29N3O3/c1-13-11-19-12-15(13)16(22)20-9-5-7-14-8-6-10-21(14)17(23)24-18(2,3)4/h11-12,14,19H,5-10H2,1-4H3,(H,20,22). The van der Waals surface area contributed by atoms with Gasteiger partial charge in [0.15, 0.2) is 0 Å². The maximum atomic E-state index is 12.2. The predicted octanol–water partition coefficient (Wildman–Crippen LogP) is 3.23. The van der Waals surface area contributed by atoms with Crippen molar-refractivity contribution >= 4 is 12.0 Å². The quantitative estimate of drug-likeness (QED) is 0.811. The Bertz CT molecular complexity index is 574. The van der Waals surface area contributed by atoms with Crippen LogP contribution in [0.25, 0.3) is 0 Å². The van der Waals surface area contributed by atoms with E-state index in [2.05, 4.69) is 10.3 Å². The first-order valence-corrected chi connectivity index (χ1v) is 8.69. The molecule has 1 aliphatic heterocycles. The second-order valence-electron chi connectivity index (χ2n) is 7.42. The molecule has 134 valence electrons. The van der Waals surface area contributed by atoms with Crippen LogP contribution in [0.4, 0.5) is 4.79 Å². The predicted molar refractivity (Wildman–Crippen MR) is 93.1 cm³/mol. The maximum Gasteiger partial charge on any atom is 0.410 e. The molecule has 0 saturated carbocycles. The Morgan fingerprint density at radius 1 is 1.38 bits per heavy atom. The summed E-state index contributed by atoms with van der Waals surface area (Å²) in [6.07, 6.45) is 7.04. The third kappa shape index (κ3) is 5.01. The molecule has 1 unspecified atom stereocenters. The van der Waals surface area contributed by atoms with Crippen LogP contribution in [0.2, 0.25) is 0 Å². The van der Waals surface area contributed by atoms with E-state index in [-0.39, 0.29) is 18.0 Å². The summed E-state index contributed by atoms with van der Waals surface area (Å²) in [6, 6.07) is 0.214. The van der Waals surface area contributed by atoms with Gasteiger partial charge in [-0.05, 0) is 58.9 Å². The molecule has 6 nitrogen and oxygen atoms in total. The monoisotopic (exact) mass is 335 g/mol. The molecule has 1 aromatic heterocycles. The fourth-order valence-corrected chi connectivity index (χ4v) is 3.02. The van der Waals surface area contributed by atoms with Crippen molar-refractivity contribution in [3.05, 3.63) is 23.5 Å². The molecule has 0 spiro atoms. The average molecular weight is 335 g/mol. The van der Waals surface area contributed by atoms with Gasteiger partial charge in [0.2, 0.25) is 0 Å². The van der Waals surface area contributed by atoms with Crippen LogP contribution >= 0.6 is 0 Å². The highest BCUT2D eigenvalue weighted by Crippen LogP contribution is 2.23. The van der Waals surface area contributed by atoms with Crippen LogP contribution in [0.5, 0.6) is 0 Å². The van der Waals surface area contributed by atoms with Crippen molar-refractivity contribution in [2.45, 2.75) is 65.0 Å². The molecule has 2 rings (SSSR count). The van der Waals surface area contributed by atoms with Crippen LogP contribution in [0.1, 0.15) is 62.4 Å². The highest BCUT2D eigenvalue weighted by atomic mass is 16.6. The number of hydrogen-bond acceptors (Lipinski definition) is 3. The Morgan fingerprint density at radius 2 is 2.12 bits per heavy atom. The van der Waals surface area contributed by atoms with Crippen LogP contribution < -0.4 is 5.32 Å². The van der Waals surface area contributed by atoms with E-state index in [0.29, 0.717) is 12.1 Å². The number of nitrogens with one attached hydrogen (secondary N) is 2. The van der Waals surface area contributed by atoms with E-state index in [9.17, 15) is 9.59 Å². The van der Waals surface area contributed by atoms with Crippen molar-refractivity contribution in [3.63, 3.8) is 0 Å². The fraction of sp³-hybridized carbons (Fsp3) is 0.667. The second kappa shape index (κ2) is 7.73. The summed E-state index contributed by atoms with van der Waals surface area (Å²) in [6.45, 7) is 8.93. The summed E-state index contributed by atoms with van der Waals surface area (Å²) in [5.41, 5.74) is 1.16. The Balaban J connectivity index is 1.74. The number of carbonyl (C=O) groups excluding carboxylic acids is 2. The van der Waals surface area contributed by atoms with Crippen LogP contribution in [-0.2, 0) is 4.74 Å². The topological polar surface area (TPSA) is 74.4 Å². The van der Waals surface area contributed by atoms with Crippen molar-refractivity contribution in [2.24, 2.45) is 0 Å². The number of amides is 2. The van der Waals surface area contributed by atoms with Crippen molar-refractivity contribution < 1.29 is 14.3 Å². The van der Waals surface area contributed by atoms with Gasteiger partial charge >= 0.3 is 6.09 Å². The first-order chi connectivity index (χ1) is 11.3. The number of carbonyl (C=O) groups is 2. The average Bonchev–Trinajstić information content (AvgIpc) is 3.10. The normalized spacial score (nSPS) is 17.8. The largest absolute Gasteiger partial charge is 0.444 e. The van der Waals surface area contributed by atoms with Crippen LogP contribution in [0.15, 0.2) is 12.4 Å². The van der Waals surface area contributed by atoms with Gasteiger partial charge in [0.25, 0.3) is 5.91 Å². The fourth-order valence-electron chi connectivity index (χ4n) is 3.02. The van der Waals surface area contributed by atoms with Gasteiger partial charge in [0.1, 0.15) is 5.60 Å². The summed E-state index contributed by atoms with van der Waals surface area (Å²) >= 11 is 0. The first-order valence-electron chi connectivity index (χ1n) is 8.69. The lowest BCUT2D eigenvalue weighted by molar-refractivity contribution is 0.0218. The molecule has 1 aromatic rings. The number of likely N-dealkylation sites (tertiary alicyclic amines) is 1. The zero-order valence-corrected chi connectivity index (χ0v) is 15.1. The zero-order valence-electron chi connectivity index (χ0n) is 15.1. The minimum absolute atomic E-state index is 0.0517. The molecule has 0 aliphatic carbocycles. The van der Waals surface area contributed by atoms with E-state index < -0.39 is 5.60 Å². The number of aromatic amines is 1. The third-order valence-corrected chi connectivity index (χ3v) is 4.20. The number of ether oxygens (including phenoxy) is 1. The lowest BCUT2D eigenvalue weighted by Crippen LogP contribution is -2.40. The molecule has 1 atom stereocenters. The van der Waals surface area contributed by atoms with Crippen molar-refractivity contribution in [2.75, 3.05) is 13.1 Å². The summed E-state index contributed by atoms with van der Waals surface area (Å²) in [5.74, 6) is -0.0517. The second-order valence-corrected chi connectivity index (χ2v) is 7.42. The van der Waals surface area contributed by atoms with E-state index >= 15 is 0 Å². The molecule has 0 bridgehead atoms. The number of hydrogen-bond donors (Lipinski definition) is 2. The third-order valence-electron chi connectivity index (χ3n) is 4.20. The lowest BCUT2D eigenvalue weighted by Gasteiger charge is -2.28. The molecule has 1 aliphatic rings. The smallest absolute Gasteiger partial charge is 0.410 e. The minimum atomic E-state index is -0.466. The van der Waals surface area contributed by atoms with Gasteiger partial charge < -0.3 is 19.9 Å². The molecule has 2 N–H and O–H groups in total. The molecule has 1 fully saturated rings. The number of H-pyrrole nitrogens is 1. The Labute approximate surface area is 143 Å². The maximum absolute atomic E-state index is 12.2. The van der Waals surface area contributed by atoms with Crippen LogP contribution in [0, 0.1) is 6.92 Å². The van der Waals surface area contributed by atoms with Crippen molar-refractivity contribution in [1.29, 1.82) is 0 Å². The molecular formula is C18H29N3O3. The van der Waals surface area contributed by atoms with Gasteiger partial charge in [0.05, 0.1) is 5.56 Å². The van der Waals surface area contributed by atoms with Gasteiger partial charge in [-0.2, -0.15) is 0 Å². The Kier molecular flexibility index (Phi) is 5.91. The molecule has 2 heterocycles. The molecule has 1 saturated heterocycles. The lowest BCUT2D eigenvalue weighted by atomic mass is 10.1. The van der Waals surface area contributed by atoms with Gasteiger partial charge in [-0.25, -0.2) is 4.79 Å². The van der Waals surface area contributed by atoms with Gasteiger partial charge in [-0.1, -0.05) is 0 Å². The SMILES string of the molecule is Cc1c[nH]cc1C(=O)NCCCC1CCCN1C(=O)OC(C)(C)C. The van der Waals surface area contributed by atoms with E-state index in [4.69, 9.17) is 4.74 Å². The summed E-state index contributed by atoms with van der Waals surface area (Å²) in [4.78, 5) is 29.0. The molecule has 0 radical (unpaired) electrons. The highest BCUT2D eigenvalue weighted by Gasteiger charge is 2.31. The van der Waals surface area contributed by atoms with Crippen molar-refractivity contribution in [3.8, 4) is 0 Å². The summed E-state index contributed by atoms with van der Waals surface area (Å²) in [7, 11) is 0.